The molecule has 0 aromatic carbocycles. The van der Waals surface area contributed by atoms with Crippen LogP contribution in [0, 0.1) is 23.2 Å². The average Bonchev–Trinajstić information content (AvgIpc) is 2.45. The fourth-order valence-corrected chi connectivity index (χ4v) is 4.00. The maximum atomic E-state index is 11.1. The summed E-state index contributed by atoms with van der Waals surface area (Å²) < 4.78 is 0. The van der Waals surface area contributed by atoms with Crippen molar-refractivity contribution >= 4 is 11.9 Å². The number of carboxylic acid groups (broad SMARTS) is 2. The van der Waals surface area contributed by atoms with E-state index in [9.17, 15) is 9.59 Å². The van der Waals surface area contributed by atoms with Crippen molar-refractivity contribution in [3.63, 3.8) is 0 Å². The van der Waals surface area contributed by atoms with Crippen LogP contribution >= 0.6 is 0 Å². The zero-order valence-corrected chi connectivity index (χ0v) is 7.43. The summed E-state index contributed by atoms with van der Waals surface area (Å²) in [7, 11) is 0. The van der Waals surface area contributed by atoms with E-state index in [1.54, 1.807) is 0 Å². The number of carboxylic acids is 2. The Labute approximate surface area is 79.9 Å². The first-order chi connectivity index (χ1) is 6.45. The summed E-state index contributed by atoms with van der Waals surface area (Å²) in [6.07, 6.45) is 1.14. The Balaban J connectivity index is 2.06. The minimum Gasteiger partial charge on any atom is -0.481 e. The van der Waals surface area contributed by atoms with Gasteiger partial charge in [0.1, 0.15) is 5.54 Å². The van der Waals surface area contributed by atoms with Gasteiger partial charge in [-0.15, -0.1) is 0 Å². The van der Waals surface area contributed by atoms with Gasteiger partial charge in [0.15, 0.2) is 0 Å². The molecule has 0 amide bonds. The SMILES string of the molecule is N[C@]1(C(=O)O)[C@@H]2C[C@@H]3[C@H]1[C@@]3(C(=O)O)C2. The van der Waals surface area contributed by atoms with E-state index in [0.29, 0.717) is 12.8 Å². The van der Waals surface area contributed by atoms with Crippen LogP contribution in [0.25, 0.3) is 0 Å². The molecule has 0 unspecified atom stereocenters. The monoisotopic (exact) mass is 197 g/mol. The highest BCUT2D eigenvalue weighted by atomic mass is 16.4. The van der Waals surface area contributed by atoms with Crippen molar-refractivity contribution in [3.8, 4) is 0 Å². The van der Waals surface area contributed by atoms with Gasteiger partial charge < -0.3 is 15.9 Å². The maximum Gasteiger partial charge on any atom is 0.324 e. The van der Waals surface area contributed by atoms with Gasteiger partial charge in [0.25, 0.3) is 0 Å². The third-order valence-corrected chi connectivity index (χ3v) is 4.59. The number of hydrogen-bond donors (Lipinski definition) is 3. The molecule has 5 atom stereocenters. The predicted molar refractivity (Wildman–Crippen MR) is 44.3 cm³/mol. The maximum absolute atomic E-state index is 11.1. The van der Waals surface area contributed by atoms with Crippen LogP contribution in [-0.4, -0.2) is 27.7 Å². The molecule has 4 aliphatic rings. The molecule has 14 heavy (non-hydrogen) atoms. The van der Waals surface area contributed by atoms with Crippen LogP contribution in [0.2, 0.25) is 0 Å². The standard InChI is InChI=1S/C9H11NO4/c10-9(7(13)14)3-1-4-5(9)8(4,2-3)6(11)12/h3-5H,1-2,10H2,(H,11,12)(H,13,14)/t3-,4-,5+,8-,9-/m1/s1. The zero-order valence-electron chi connectivity index (χ0n) is 7.43. The topological polar surface area (TPSA) is 101 Å². The Morgan fingerprint density at radius 3 is 2.21 bits per heavy atom. The van der Waals surface area contributed by atoms with Crippen LogP contribution in [-0.2, 0) is 9.59 Å². The van der Waals surface area contributed by atoms with Crippen LogP contribution in [0.4, 0.5) is 0 Å². The molecule has 76 valence electrons. The first-order valence-corrected chi connectivity index (χ1v) is 4.71. The van der Waals surface area contributed by atoms with Gasteiger partial charge in [-0.05, 0) is 24.7 Å². The van der Waals surface area contributed by atoms with Crippen molar-refractivity contribution < 1.29 is 19.8 Å². The fraction of sp³-hybridized carbons (Fsp3) is 0.778. The summed E-state index contributed by atoms with van der Waals surface area (Å²) in [5.74, 6) is -2.33. The van der Waals surface area contributed by atoms with Gasteiger partial charge in [-0.3, -0.25) is 9.59 Å². The number of carbonyl (C=O) groups is 2. The van der Waals surface area contributed by atoms with Crippen LogP contribution in [0.5, 0.6) is 0 Å². The second-order valence-corrected chi connectivity index (χ2v) is 4.80. The molecule has 0 aromatic rings. The molecule has 4 saturated carbocycles. The van der Waals surface area contributed by atoms with Gasteiger partial charge in [0, 0.05) is 5.92 Å². The van der Waals surface area contributed by atoms with Crippen molar-refractivity contribution in [2.45, 2.75) is 18.4 Å². The van der Waals surface area contributed by atoms with E-state index in [-0.39, 0.29) is 17.8 Å². The van der Waals surface area contributed by atoms with Crippen LogP contribution in [0.1, 0.15) is 12.8 Å². The molecule has 0 heterocycles. The van der Waals surface area contributed by atoms with Gasteiger partial charge in [0.2, 0.25) is 0 Å². The highest BCUT2D eigenvalue weighted by molar-refractivity contribution is 5.90. The van der Waals surface area contributed by atoms with Crippen LogP contribution < -0.4 is 5.73 Å². The normalized spacial score (nSPS) is 57.4. The molecule has 4 fully saturated rings. The van der Waals surface area contributed by atoms with Crippen LogP contribution in [0.3, 0.4) is 0 Å². The highest BCUT2D eigenvalue weighted by Crippen LogP contribution is 2.81. The van der Waals surface area contributed by atoms with E-state index in [2.05, 4.69) is 0 Å². The summed E-state index contributed by atoms with van der Waals surface area (Å²) in [6, 6.07) is 0. The lowest BCUT2D eigenvalue weighted by molar-refractivity contribution is -0.145. The van der Waals surface area contributed by atoms with Crippen molar-refractivity contribution in [2.24, 2.45) is 28.9 Å². The van der Waals surface area contributed by atoms with Crippen molar-refractivity contribution in [2.75, 3.05) is 0 Å². The molecular formula is C9H11NO4. The largest absolute Gasteiger partial charge is 0.481 e. The average molecular weight is 197 g/mol. The number of nitrogens with two attached hydrogens (primary N) is 1. The van der Waals surface area contributed by atoms with Crippen LogP contribution in [0.15, 0.2) is 0 Å². The second-order valence-electron chi connectivity index (χ2n) is 4.80. The Morgan fingerprint density at radius 1 is 1.29 bits per heavy atom. The Hall–Kier alpha value is -1.10. The minimum absolute atomic E-state index is 0.0195. The molecule has 0 aromatic heterocycles. The first-order valence-electron chi connectivity index (χ1n) is 4.71. The number of rotatable bonds is 2. The van der Waals surface area contributed by atoms with E-state index in [0.717, 1.165) is 0 Å². The number of hydrogen-bond acceptors (Lipinski definition) is 3. The minimum atomic E-state index is -1.26. The molecule has 5 nitrogen and oxygen atoms in total. The summed E-state index contributed by atoms with van der Waals surface area (Å²) in [5.41, 5.74) is 3.79. The lowest BCUT2D eigenvalue weighted by atomic mass is 9.90. The summed E-state index contributed by atoms with van der Waals surface area (Å²) >= 11 is 0. The van der Waals surface area contributed by atoms with E-state index in [4.69, 9.17) is 15.9 Å². The van der Waals surface area contributed by atoms with Gasteiger partial charge >= 0.3 is 11.9 Å². The van der Waals surface area contributed by atoms with Gasteiger partial charge in [-0.2, -0.15) is 0 Å². The fourth-order valence-electron chi connectivity index (χ4n) is 4.00. The van der Waals surface area contributed by atoms with Gasteiger partial charge in [0.05, 0.1) is 5.41 Å². The molecule has 0 aliphatic heterocycles. The highest BCUT2D eigenvalue weighted by Gasteiger charge is 2.88. The van der Waals surface area contributed by atoms with Gasteiger partial charge in [-0.1, -0.05) is 0 Å². The Morgan fingerprint density at radius 2 is 1.93 bits per heavy atom. The second kappa shape index (κ2) is 1.82. The van der Waals surface area contributed by atoms with E-state index in [1.807, 2.05) is 0 Å². The Kier molecular flexibility index (Phi) is 1.07. The summed E-state index contributed by atoms with van der Waals surface area (Å²) in [5, 5.41) is 18.1. The van der Waals surface area contributed by atoms with Gasteiger partial charge in [-0.25, -0.2) is 0 Å². The van der Waals surface area contributed by atoms with E-state index < -0.39 is 22.9 Å². The summed E-state index contributed by atoms with van der Waals surface area (Å²) in [6.45, 7) is 0. The molecule has 4 rings (SSSR count). The number of aliphatic carboxylic acids is 2. The third-order valence-electron chi connectivity index (χ3n) is 4.59. The zero-order chi connectivity index (χ0) is 10.3. The van der Waals surface area contributed by atoms with E-state index >= 15 is 0 Å². The molecule has 5 heteroatoms. The molecule has 0 radical (unpaired) electrons. The smallest absolute Gasteiger partial charge is 0.324 e. The molecule has 4 N–H and O–H groups in total. The molecule has 0 saturated heterocycles. The summed E-state index contributed by atoms with van der Waals surface area (Å²) in [4.78, 5) is 22.1. The quantitative estimate of drug-likeness (QED) is 0.554. The lowest BCUT2D eigenvalue weighted by Crippen LogP contribution is -2.51. The van der Waals surface area contributed by atoms with Crippen molar-refractivity contribution in [1.29, 1.82) is 0 Å². The third kappa shape index (κ3) is 0.507. The molecular weight excluding hydrogens is 186 g/mol. The van der Waals surface area contributed by atoms with Crippen molar-refractivity contribution in [1.82, 2.24) is 0 Å². The lowest BCUT2D eigenvalue weighted by Gasteiger charge is -2.22. The molecule has 4 aliphatic carbocycles. The van der Waals surface area contributed by atoms with E-state index in [1.165, 1.54) is 0 Å². The predicted octanol–water partition coefficient (Wildman–Crippen LogP) is -0.491. The molecule has 4 bridgehead atoms. The molecule has 0 spiro atoms. The van der Waals surface area contributed by atoms with Crippen molar-refractivity contribution in [3.05, 3.63) is 0 Å². The first kappa shape index (κ1) is 8.23. The Bertz CT molecular complexity index is 368.